The largest absolute Gasteiger partial charge is 0.397 e. The molecule has 0 aliphatic heterocycles. The third-order valence-electron chi connectivity index (χ3n) is 2.51. The molecule has 1 amide bonds. The minimum Gasteiger partial charge on any atom is -0.397 e. The van der Waals surface area contributed by atoms with Gasteiger partial charge in [0.2, 0.25) is 5.91 Å². The van der Waals surface area contributed by atoms with Crippen molar-refractivity contribution in [2.45, 2.75) is 13.3 Å². The highest BCUT2D eigenvalue weighted by atomic mass is 32.1. The zero-order valence-corrected chi connectivity index (χ0v) is 10.4. The number of amides is 1. The maximum Gasteiger partial charge on any atom is 0.228 e. The molecule has 17 heavy (non-hydrogen) atoms. The molecule has 0 bridgehead atoms. The van der Waals surface area contributed by atoms with Crippen LogP contribution in [0.1, 0.15) is 11.1 Å². The normalized spacial score (nSPS) is 10.2. The average Bonchev–Trinajstić information content (AvgIpc) is 2.76. The van der Waals surface area contributed by atoms with Crippen molar-refractivity contribution in [2.75, 3.05) is 11.1 Å². The molecular formula is C13H14N2OS. The van der Waals surface area contributed by atoms with Gasteiger partial charge in [-0.05, 0) is 40.9 Å². The van der Waals surface area contributed by atoms with E-state index in [9.17, 15) is 4.79 Å². The molecule has 0 saturated carbocycles. The third-order valence-corrected chi connectivity index (χ3v) is 3.25. The summed E-state index contributed by atoms with van der Waals surface area (Å²) in [6.45, 7) is 1.93. The monoisotopic (exact) mass is 246 g/mol. The fraction of sp³-hybridized carbons (Fsp3) is 0.154. The van der Waals surface area contributed by atoms with E-state index in [1.54, 1.807) is 17.4 Å². The minimum atomic E-state index is -0.0376. The molecule has 3 nitrogen and oxygen atoms in total. The van der Waals surface area contributed by atoms with Gasteiger partial charge in [-0.1, -0.05) is 12.1 Å². The highest BCUT2D eigenvalue weighted by Gasteiger charge is 2.08. The molecule has 1 aromatic carbocycles. The van der Waals surface area contributed by atoms with Gasteiger partial charge in [-0.3, -0.25) is 4.79 Å². The maximum absolute atomic E-state index is 11.8. The molecule has 4 heteroatoms. The highest BCUT2D eigenvalue weighted by Crippen LogP contribution is 2.22. The van der Waals surface area contributed by atoms with Crippen molar-refractivity contribution in [3.63, 3.8) is 0 Å². The summed E-state index contributed by atoms with van der Waals surface area (Å²) >= 11 is 1.59. The first-order valence-corrected chi connectivity index (χ1v) is 6.27. The SMILES string of the molecule is Cc1cccc(N)c1NC(=O)Cc1ccsc1. The number of hydrogen-bond donors (Lipinski definition) is 2. The lowest BCUT2D eigenvalue weighted by atomic mass is 10.1. The molecule has 0 radical (unpaired) electrons. The van der Waals surface area contributed by atoms with Gasteiger partial charge in [0, 0.05) is 0 Å². The summed E-state index contributed by atoms with van der Waals surface area (Å²) in [5.41, 5.74) is 9.15. The number of nitrogens with two attached hydrogens (primary N) is 1. The summed E-state index contributed by atoms with van der Waals surface area (Å²) < 4.78 is 0. The average molecular weight is 246 g/mol. The van der Waals surface area contributed by atoms with E-state index in [2.05, 4.69) is 5.32 Å². The first kappa shape index (κ1) is 11.7. The number of carbonyl (C=O) groups is 1. The Morgan fingerprint density at radius 1 is 1.41 bits per heavy atom. The third kappa shape index (κ3) is 2.85. The van der Waals surface area contributed by atoms with Gasteiger partial charge in [0.15, 0.2) is 0 Å². The van der Waals surface area contributed by atoms with E-state index in [0.29, 0.717) is 17.8 Å². The number of carbonyl (C=O) groups excluding carboxylic acids is 1. The molecule has 2 aromatic rings. The number of para-hydroxylation sites is 1. The van der Waals surface area contributed by atoms with Gasteiger partial charge in [0.25, 0.3) is 0 Å². The van der Waals surface area contributed by atoms with E-state index in [1.807, 2.05) is 35.9 Å². The predicted molar refractivity (Wildman–Crippen MR) is 72.2 cm³/mol. The topological polar surface area (TPSA) is 55.1 Å². The van der Waals surface area contributed by atoms with Gasteiger partial charge < -0.3 is 11.1 Å². The lowest BCUT2D eigenvalue weighted by Gasteiger charge is -2.10. The molecule has 0 spiro atoms. The van der Waals surface area contributed by atoms with Crippen LogP contribution in [-0.2, 0) is 11.2 Å². The van der Waals surface area contributed by atoms with Crippen molar-refractivity contribution in [1.29, 1.82) is 0 Å². The van der Waals surface area contributed by atoms with Crippen molar-refractivity contribution in [3.8, 4) is 0 Å². The van der Waals surface area contributed by atoms with E-state index in [0.717, 1.165) is 11.1 Å². The maximum atomic E-state index is 11.8. The van der Waals surface area contributed by atoms with Crippen LogP contribution in [0.15, 0.2) is 35.0 Å². The first-order chi connectivity index (χ1) is 8.16. The molecule has 2 rings (SSSR count). The molecule has 0 unspecified atom stereocenters. The Balaban J connectivity index is 2.08. The number of thiophene rings is 1. The standard InChI is InChI=1S/C13H14N2OS/c1-9-3-2-4-11(14)13(9)15-12(16)7-10-5-6-17-8-10/h2-6,8H,7,14H2,1H3,(H,15,16). The smallest absolute Gasteiger partial charge is 0.228 e. The van der Waals surface area contributed by atoms with Crippen LogP contribution in [0.5, 0.6) is 0 Å². The second-order valence-corrected chi connectivity index (χ2v) is 4.68. The quantitative estimate of drug-likeness (QED) is 0.818. The summed E-state index contributed by atoms with van der Waals surface area (Å²) in [6, 6.07) is 7.54. The van der Waals surface area contributed by atoms with Crippen molar-refractivity contribution in [1.82, 2.24) is 0 Å². The van der Waals surface area contributed by atoms with Gasteiger partial charge in [-0.25, -0.2) is 0 Å². The van der Waals surface area contributed by atoms with E-state index < -0.39 is 0 Å². The molecule has 0 saturated heterocycles. The minimum absolute atomic E-state index is 0.0376. The second-order valence-electron chi connectivity index (χ2n) is 3.90. The molecule has 0 fully saturated rings. The van der Waals surface area contributed by atoms with E-state index in [4.69, 9.17) is 5.73 Å². The van der Waals surface area contributed by atoms with Gasteiger partial charge in [0.1, 0.15) is 0 Å². The fourth-order valence-corrected chi connectivity index (χ4v) is 2.29. The Bertz CT molecular complexity index is 500. The van der Waals surface area contributed by atoms with Crippen LogP contribution in [0, 0.1) is 6.92 Å². The Morgan fingerprint density at radius 2 is 2.24 bits per heavy atom. The van der Waals surface area contributed by atoms with E-state index >= 15 is 0 Å². The Morgan fingerprint density at radius 3 is 2.88 bits per heavy atom. The molecule has 3 N–H and O–H groups in total. The Labute approximate surface area is 104 Å². The van der Waals surface area contributed by atoms with Crippen molar-refractivity contribution in [3.05, 3.63) is 46.2 Å². The van der Waals surface area contributed by atoms with Crippen LogP contribution in [0.4, 0.5) is 11.4 Å². The second kappa shape index (κ2) is 5.01. The van der Waals surface area contributed by atoms with Crippen LogP contribution >= 0.6 is 11.3 Å². The Hall–Kier alpha value is -1.81. The Kier molecular flexibility index (Phi) is 3.44. The number of benzene rings is 1. The van der Waals surface area contributed by atoms with Crippen molar-refractivity contribution in [2.24, 2.45) is 0 Å². The molecular weight excluding hydrogens is 232 g/mol. The zero-order chi connectivity index (χ0) is 12.3. The highest BCUT2D eigenvalue weighted by molar-refractivity contribution is 7.08. The first-order valence-electron chi connectivity index (χ1n) is 5.33. The van der Waals surface area contributed by atoms with Crippen LogP contribution in [0.3, 0.4) is 0 Å². The van der Waals surface area contributed by atoms with E-state index in [-0.39, 0.29) is 5.91 Å². The number of nitrogen functional groups attached to an aromatic ring is 1. The summed E-state index contributed by atoms with van der Waals surface area (Å²) in [6.07, 6.45) is 0.386. The molecule has 0 aliphatic carbocycles. The van der Waals surface area contributed by atoms with E-state index in [1.165, 1.54) is 0 Å². The summed E-state index contributed by atoms with van der Waals surface area (Å²) in [5, 5.41) is 6.79. The lowest BCUT2D eigenvalue weighted by Crippen LogP contribution is -2.16. The number of nitrogens with one attached hydrogen (secondary N) is 1. The number of hydrogen-bond acceptors (Lipinski definition) is 3. The fourth-order valence-electron chi connectivity index (χ4n) is 1.62. The zero-order valence-electron chi connectivity index (χ0n) is 9.57. The van der Waals surface area contributed by atoms with Crippen LogP contribution in [0.2, 0.25) is 0 Å². The molecule has 1 aromatic heterocycles. The van der Waals surface area contributed by atoms with Crippen LogP contribution < -0.4 is 11.1 Å². The van der Waals surface area contributed by atoms with Gasteiger partial charge >= 0.3 is 0 Å². The summed E-state index contributed by atoms with van der Waals surface area (Å²) in [7, 11) is 0. The molecule has 88 valence electrons. The van der Waals surface area contributed by atoms with Crippen molar-refractivity contribution < 1.29 is 4.79 Å². The van der Waals surface area contributed by atoms with Crippen LogP contribution in [0.25, 0.3) is 0 Å². The van der Waals surface area contributed by atoms with Gasteiger partial charge in [-0.2, -0.15) is 11.3 Å². The molecule has 1 heterocycles. The number of anilines is 2. The van der Waals surface area contributed by atoms with Gasteiger partial charge in [0.05, 0.1) is 17.8 Å². The van der Waals surface area contributed by atoms with Crippen molar-refractivity contribution >= 4 is 28.6 Å². The lowest BCUT2D eigenvalue weighted by molar-refractivity contribution is -0.115. The van der Waals surface area contributed by atoms with Gasteiger partial charge in [-0.15, -0.1) is 0 Å². The van der Waals surface area contributed by atoms with Crippen LogP contribution in [-0.4, -0.2) is 5.91 Å². The predicted octanol–water partition coefficient (Wildman–Crippen LogP) is 2.82. The summed E-state index contributed by atoms with van der Waals surface area (Å²) in [4.78, 5) is 11.8. The number of rotatable bonds is 3. The number of aryl methyl sites for hydroxylation is 1. The molecule has 0 aliphatic rings. The summed E-state index contributed by atoms with van der Waals surface area (Å²) in [5.74, 6) is -0.0376. The molecule has 0 atom stereocenters.